The molecule has 1 aliphatic heterocycles. The fourth-order valence-electron chi connectivity index (χ4n) is 2.52. The van der Waals surface area contributed by atoms with E-state index in [9.17, 15) is 0 Å². The standard InChI is InChI=1S/C16H22N4O/c1-3-21-18-16(15-7-5-4-6-8-15)20-12-11-19(10-9-17)14(2)13-20/h4-8,14H,3,10-13H2,1-2H3. The van der Waals surface area contributed by atoms with E-state index in [1.807, 2.05) is 37.3 Å². The maximum atomic E-state index is 8.86. The van der Waals surface area contributed by atoms with E-state index in [4.69, 9.17) is 10.1 Å². The lowest BCUT2D eigenvalue weighted by Gasteiger charge is -2.39. The number of nitriles is 1. The molecule has 0 N–H and O–H groups in total. The minimum atomic E-state index is 0.328. The Morgan fingerprint density at radius 1 is 1.38 bits per heavy atom. The summed E-state index contributed by atoms with van der Waals surface area (Å²) in [5.74, 6) is 0.876. The first-order chi connectivity index (χ1) is 10.3. The summed E-state index contributed by atoms with van der Waals surface area (Å²) in [6.07, 6.45) is 0. The Labute approximate surface area is 126 Å². The van der Waals surface area contributed by atoms with E-state index in [1.165, 1.54) is 0 Å². The molecule has 1 aliphatic rings. The van der Waals surface area contributed by atoms with Gasteiger partial charge in [-0.15, -0.1) is 0 Å². The van der Waals surface area contributed by atoms with Crippen molar-refractivity contribution in [1.29, 1.82) is 5.26 Å². The Kier molecular flexibility index (Phi) is 5.59. The molecule has 0 aromatic heterocycles. The summed E-state index contributed by atoms with van der Waals surface area (Å²) in [6, 6.07) is 12.7. The molecule has 1 unspecified atom stereocenters. The molecule has 1 fully saturated rings. The number of hydrogen-bond acceptors (Lipinski definition) is 4. The fourth-order valence-corrected chi connectivity index (χ4v) is 2.52. The SMILES string of the molecule is CCON=C(c1ccccc1)N1CCN(CC#N)C(C)C1. The molecule has 112 valence electrons. The van der Waals surface area contributed by atoms with Gasteiger partial charge < -0.3 is 9.74 Å². The van der Waals surface area contributed by atoms with Crippen molar-refractivity contribution in [1.82, 2.24) is 9.80 Å². The maximum absolute atomic E-state index is 8.86. The van der Waals surface area contributed by atoms with Crippen LogP contribution in [0.3, 0.4) is 0 Å². The largest absolute Gasteiger partial charge is 0.394 e. The highest BCUT2D eigenvalue weighted by Crippen LogP contribution is 2.14. The summed E-state index contributed by atoms with van der Waals surface area (Å²) in [7, 11) is 0. The van der Waals surface area contributed by atoms with Crippen molar-refractivity contribution in [3.63, 3.8) is 0 Å². The Morgan fingerprint density at radius 2 is 2.14 bits per heavy atom. The van der Waals surface area contributed by atoms with Crippen LogP contribution in [0.1, 0.15) is 19.4 Å². The van der Waals surface area contributed by atoms with Crippen LogP contribution in [0.5, 0.6) is 0 Å². The smallest absolute Gasteiger partial charge is 0.175 e. The van der Waals surface area contributed by atoms with Crippen LogP contribution in [0.25, 0.3) is 0 Å². The molecule has 5 heteroatoms. The van der Waals surface area contributed by atoms with Crippen LogP contribution in [-0.4, -0.2) is 54.5 Å². The van der Waals surface area contributed by atoms with Crippen molar-refractivity contribution in [2.75, 3.05) is 32.8 Å². The quantitative estimate of drug-likeness (QED) is 0.367. The number of oxime groups is 1. The molecule has 1 aromatic rings. The van der Waals surface area contributed by atoms with Gasteiger partial charge in [-0.05, 0) is 13.8 Å². The third kappa shape index (κ3) is 3.96. The third-order valence-electron chi connectivity index (χ3n) is 3.65. The summed E-state index contributed by atoms with van der Waals surface area (Å²) in [4.78, 5) is 9.73. The van der Waals surface area contributed by atoms with E-state index in [-0.39, 0.29) is 0 Å². The number of rotatable bonds is 4. The molecule has 0 saturated carbocycles. The van der Waals surface area contributed by atoms with Crippen molar-refractivity contribution in [2.45, 2.75) is 19.9 Å². The second-order valence-electron chi connectivity index (χ2n) is 5.12. The molecule has 1 atom stereocenters. The lowest BCUT2D eigenvalue weighted by molar-refractivity contribution is 0.123. The normalized spacial score (nSPS) is 20.1. The van der Waals surface area contributed by atoms with E-state index in [0.717, 1.165) is 31.0 Å². The predicted octanol–water partition coefficient (Wildman–Crippen LogP) is 1.91. The van der Waals surface area contributed by atoms with Crippen molar-refractivity contribution in [3.05, 3.63) is 35.9 Å². The number of piperazine rings is 1. The molecular weight excluding hydrogens is 264 g/mol. The molecule has 0 aliphatic carbocycles. The van der Waals surface area contributed by atoms with Crippen molar-refractivity contribution >= 4 is 5.84 Å². The Balaban J connectivity index is 2.14. The molecule has 0 radical (unpaired) electrons. The van der Waals surface area contributed by atoms with Gasteiger partial charge in [-0.3, -0.25) is 4.90 Å². The predicted molar refractivity (Wildman–Crippen MR) is 82.8 cm³/mol. The Morgan fingerprint density at radius 3 is 2.76 bits per heavy atom. The Hall–Kier alpha value is -2.06. The van der Waals surface area contributed by atoms with E-state index in [1.54, 1.807) is 0 Å². The minimum absolute atomic E-state index is 0.328. The number of hydrogen-bond donors (Lipinski definition) is 0. The van der Waals surface area contributed by atoms with Gasteiger partial charge in [0.05, 0.1) is 12.6 Å². The number of benzene rings is 1. The Bertz CT molecular complexity index is 509. The molecule has 21 heavy (non-hydrogen) atoms. The van der Waals surface area contributed by atoms with Crippen LogP contribution >= 0.6 is 0 Å². The van der Waals surface area contributed by atoms with Crippen LogP contribution in [-0.2, 0) is 4.84 Å². The average molecular weight is 286 g/mol. The summed E-state index contributed by atoms with van der Waals surface area (Å²) in [5, 5.41) is 13.2. The van der Waals surface area contributed by atoms with Gasteiger partial charge in [-0.2, -0.15) is 5.26 Å². The minimum Gasteiger partial charge on any atom is -0.394 e. The van der Waals surface area contributed by atoms with Gasteiger partial charge in [0.2, 0.25) is 0 Å². The monoisotopic (exact) mass is 286 g/mol. The van der Waals surface area contributed by atoms with E-state index in [0.29, 0.717) is 19.2 Å². The summed E-state index contributed by atoms with van der Waals surface area (Å²) in [6.45, 7) is 7.69. The van der Waals surface area contributed by atoms with Gasteiger partial charge in [-0.1, -0.05) is 35.5 Å². The zero-order chi connectivity index (χ0) is 15.1. The number of amidine groups is 1. The van der Waals surface area contributed by atoms with E-state index < -0.39 is 0 Å². The second-order valence-corrected chi connectivity index (χ2v) is 5.12. The van der Waals surface area contributed by atoms with Crippen LogP contribution in [0.15, 0.2) is 35.5 Å². The molecule has 5 nitrogen and oxygen atoms in total. The lowest BCUT2D eigenvalue weighted by atomic mass is 10.1. The van der Waals surface area contributed by atoms with Gasteiger partial charge in [-0.25, -0.2) is 0 Å². The van der Waals surface area contributed by atoms with E-state index >= 15 is 0 Å². The first-order valence-electron chi connectivity index (χ1n) is 7.37. The molecule has 0 spiro atoms. The molecule has 1 heterocycles. The van der Waals surface area contributed by atoms with E-state index in [2.05, 4.69) is 27.9 Å². The van der Waals surface area contributed by atoms with Gasteiger partial charge >= 0.3 is 0 Å². The summed E-state index contributed by atoms with van der Waals surface area (Å²) >= 11 is 0. The van der Waals surface area contributed by atoms with Gasteiger partial charge in [0.1, 0.15) is 6.61 Å². The maximum Gasteiger partial charge on any atom is 0.175 e. The summed E-state index contributed by atoms with van der Waals surface area (Å²) in [5.41, 5.74) is 1.06. The van der Waals surface area contributed by atoms with Crippen molar-refractivity contribution in [3.8, 4) is 6.07 Å². The zero-order valence-corrected chi connectivity index (χ0v) is 12.7. The highest BCUT2D eigenvalue weighted by molar-refractivity contribution is 5.98. The average Bonchev–Trinajstić information content (AvgIpc) is 2.51. The van der Waals surface area contributed by atoms with Crippen molar-refractivity contribution in [2.24, 2.45) is 5.16 Å². The number of nitrogens with zero attached hydrogens (tertiary/aromatic N) is 4. The topological polar surface area (TPSA) is 51.9 Å². The highest BCUT2D eigenvalue weighted by Gasteiger charge is 2.26. The first-order valence-corrected chi connectivity index (χ1v) is 7.37. The fraction of sp³-hybridized carbons (Fsp3) is 0.500. The summed E-state index contributed by atoms with van der Waals surface area (Å²) < 4.78 is 0. The first kappa shape index (κ1) is 15.3. The molecule has 0 bridgehead atoms. The van der Waals surface area contributed by atoms with Crippen LogP contribution < -0.4 is 0 Å². The van der Waals surface area contributed by atoms with Gasteiger partial charge in [0.15, 0.2) is 5.84 Å². The zero-order valence-electron chi connectivity index (χ0n) is 12.7. The molecule has 0 amide bonds. The second kappa shape index (κ2) is 7.65. The molecular formula is C16H22N4O. The third-order valence-corrected chi connectivity index (χ3v) is 3.65. The molecule has 1 saturated heterocycles. The van der Waals surface area contributed by atoms with Crippen LogP contribution in [0.4, 0.5) is 0 Å². The lowest BCUT2D eigenvalue weighted by Crippen LogP contribution is -2.53. The molecule has 1 aromatic carbocycles. The van der Waals surface area contributed by atoms with Gasteiger partial charge in [0, 0.05) is 31.2 Å². The molecule has 2 rings (SSSR count). The highest BCUT2D eigenvalue weighted by atomic mass is 16.6. The van der Waals surface area contributed by atoms with Crippen LogP contribution in [0, 0.1) is 11.3 Å². The van der Waals surface area contributed by atoms with Gasteiger partial charge in [0.25, 0.3) is 0 Å². The van der Waals surface area contributed by atoms with Crippen LogP contribution in [0.2, 0.25) is 0 Å². The van der Waals surface area contributed by atoms with Crippen molar-refractivity contribution < 1.29 is 4.84 Å².